The Bertz CT molecular complexity index is 651. The number of non-ortho nitro benzene ring substituents is 1. The highest BCUT2D eigenvalue weighted by Gasteiger charge is 2.29. The highest BCUT2D eigenvalue weighted by molar-refractivity contribution is 6.05. The number of ether oxygens (including phenoxy) is 1. The van der Waals surface area contributed by atoms with Crippen LogP contribution in [-0.2, 0) is 9.53 Å². The van der Waals surface area contributed by atoms with E-state index in [-0.39, 0.29) is 11.3 Å². The second-order valence-corrected chi connectivity index (χ2v) is 4.63. The number of hydrogen-bond acceptors (Lipinski definition) is 5. The minimum absolute atomic E-state index is 0.0587. The number of carbonyl (C=O) groups is 2. The van der Waals surface area contributed by atoms with E-state index in [1.165, 1.54) is 24.3 Å². The molecule has 0 saturated heterocycles. The van der Waals surface area contributed by atoms with Crippen LogP contribution < -0.4 is 10.6 Å². The molecule has 1 aromatic carbocycles. The third kappa shape index (κ3) is 3.05. The lowest BCUT2D eigenvalue weighted by atomic mass is 10.0. The van der Waals surface area contributed by atoms with Gasteiger partial charge in [0.1, 0.15) is 11.8 Å². The van der Waals surface area contributed by atoms with Gasteiger partial charge in [-0.05, 0) is 31.5 Å². The number of imide groups is 1. The molecule has 3 amide bonds. The molecule has 0 saturated carbocycles. The first kappa shape index (κ1) is 15.5. The molecule has 8 heteroatoms. The molecule has 1 heterocycles. The second-order valence-electron chi connectivity index (χ2n) is 4.63. The van der Waals surface area contributed by atoms with E-state index in [1.807, 2.05) is 0 Å². The number of nitrogens with one attached hydrogen (secondary N) is 2. The van der Waals surface area contributed by atoms with E-state index in [0.29, 0.717) is 17.9 Å². The monoisotopic (exact) mass is 305 g/mol. The summed E-state index contributed by atoms with van der Waals surface area (Å²) >= 11 is 0. The molecule has 1 aliphatic heterocycles. The van der Waals surface area contributed by atoms with Gasteiger partial charge < -0.3 is 10.1 Å². The average Bonchev–Trinajstić information content (AvgIpc) is 2.59. The van der Waals surface area contributed by atoms with Crippen LogP contribution in [0.3, 0.4) is 0 Å². The van der Waals surface area contributed by atoms with E-state index < -0.39 is 22.9 Å². The Balaban J connectivity index is 2.45. The third-order valence-corrected chi connectivity index (χ3v) is 3.21. The molecular weight excluding hydrogens is 290 g/mol. The van der Waals surface area contributed by atoms with E-state index in [2.05, 4.69) is 10.6 Å². The number of nitrogens with zero attached hydrogens (tertiary/aromatic N) is 1. The van der Waals surface area contributed by atoms with Gasteiger partial charge in [-0.25, -0.2) is 4.79 Å². The summed E-state index contributed by atoms with van der Waals surface area (Å²) in [5.74, 6) is -0.218. The minimum atomic E-state index is -0.688. The zero-order chi connectivity index (χ0) is 16.3. The molecule has 0 spiro atoms. The van der Waals surface area contributed by atoms with Gasteiger partial charge in [0.05, 0.1) is 17.1 Å². The van der Waals surface area contributed by atoms with Crippen molar-refractivity contribution in [3.63, 3.8) is 0 Å². The molecule has 116 valence electrons. The van der Waals surface area contributed by atoms with Gasteiger partial charge in [-0.2, -0.15) is 0 Å². The maximum atomic E-state index is 11.8. The Kier molecular flexibility index (Phi) is 4.40. The maximum Gasteiger partial charge on any atom is 0.322 e. The zero-order valence-electron chi connectivity index (χ0n) is 12.1. The van der Waals surface area contributed by atoms with Crippen LogP contribution >= 0.6 is 0 Å². The molecule has 22 heavy (non-hydrogen) atoms. The van der Waals surface area contributed by atoms with Crippen molar-refractivity contribution in [1.29, 1.82) is 0 Å². The molecular formula is C14H15N3O5. The van der Waals surface area contributed by atoms with Crippen LogP contribution in [0.4, 0.5) is 10.5 Å². The number of rotatable bonds is 4. The summed E-state index contributed by atoms with van der Waals surface area (Å²) in [7, 11) is 0. The van der Waals surface area contributed by atoms with Crippen LogP contribution in [0.15, 0.2) is 35.6 Å². The first-order valence-corrected chi connectivity index (χ1v) is 6.63. The molecule has 0 bridgehead atoms. The van der Waals surface area contributed by atoms with Gasteiger partial charge in [0.15, 0.2) is 0 Å². The number of hydrogen-bond donors (Lipinski definition) is 2. The lowest BCUT2D eigenvalue weighted by molar-refractivity contribution is -0.384. The molecule has 0 fully saturated rings. The summed E-state index contributed by atoms with van der Waals surface area (Å²) in [5.41, 5.74) is 0.804. The number of nitro groups is 1. The SMILES string of the molecule is CCOC1=C(C)C(=O)NC(=O)N[C@H]1c1ccc([N+](=O)[O-])cc1. The Morgan fingerprint density at radius 1 is 1.27 bits per heavy atom. The van der Waals surface area contributed by atoms with Crippen molar-refractivity contribution in [2.45, 2.75) is 19.9 Å². The van der Waals surface area contributed by atoms with E-state index in [4.69, 9.17) is 4.74 Å². The van der Waals surface area contributed by atoms with E-state index >= 15 is 0 Å². The Labute approximate surface area is 126 Å². The van der Waals surface area contributed by atoms with Crippen LogP contribution in [0.25, 0.3) is 0 Å². The number of carbonyl (C=O) groups excluding carboxylic acids is 2. The zero-order valence-corrected chi connectivity index (χ0v) is 12.1. The summed E-state index contributed by atoms with van der Waals surface area (Å²) in [6.45, 7) is 3.64. The van der Waals surface area contributed by atoms with E-state index in [9.17, 15) is 19.7 Å². The van der Waals surface area contributed by atoms with Gasteiger partial charge >= 0.3 is 6.03 Å². The Morgan fingerprint density at radius 2 is 1.91 bits per heavy atom. The topological polar surface area (TPSA) is 111 Å². The fraction of sp³-hybridized carbons (Fsp3) is 0.286. The van der Waals surface area contributed by atoms with Crippen LogP contribution in [0.1, 0.15) is 25.5 Å². The fourth-order valence-corrected chi connectivity index (χ4v) is 2.13. The van der Waals surface area contributed by atoms with Crippen molar-refractivity contribution in [2.24, 2.45) is 0 Å². The number of benzene rings is 1. The minimum Gasteiger partial charge on any atom is -0.495 e. The molecule has 0 unspecified atom stereocenters. The highest BCUT2D eigenvalue weighted by atomic mass is 16.6. The van der Waals surface area contributed by atoms with Crippen LogP contribution in [0, 0.1) is 10.1 Å². The highest BCUT2D eigenvalue weighted by Crippen LogP contribution is 2.28. The van der Waals surface area contributed by atoms with Crippen LogP contribution in [-0.4, -0.2) is 23.5 Å². The molecule has 2 rings (SSSR count). The van der Waals surface area contributed by atoms with Gasteiger partial charge in [0.2, 0.25) is 0 Å². The smallest absolute Gasteiger partial charge is 0.322 e. The van der Waals surface area contributed by atoms with Gasteiger partial charge in [0, 0.05) is 12.1 Å². The van der Waals surface area contributed by atoms with Gasteiger partial charge in [0.25, 0.3) is 11.6 Å². The summed E-state index contributed by atoms with van der Waals surface area (Å²) in [6, 6.07) is 4.37. The van der Waals surface area contributed by atoms with Crippen LogP contribution in [0.2, 0.25) is 0 Å². The lowest BCUT2D eigenvalue weighted by Crippen LogP contribution is -2.38. The summed E-state index contributed by atoms with van der Waals surface area (Å²) < 4.78 is 5.51. The third-order valence-electron chi connectivity index (χ3n) is 3.21. The predicted molar refractivity (Wildman–Crippen MR) is 76.8 cm³/mol. The standard InChI is InChI=1S/C14H15N3O5/c1-3-22-12-8(2)13(18)16-14(19)15-11(12)9-4-6-10(7-5-9)17(20)21/h4-7,11H,3H2,1-2H3,(H2,15,16,18,19)/t11-/m0/s1. The number of urea groups is 1. The van der Waals surface area contributed by atoms with Gasteiger partial charge in [-0.3, -0.25) is 20.2 Å². The van der Waals surface area contributed by atoms with Gasteiger partial charge in [-0.1, -0.05) is 0 Å². The summed E-state index contributed by atoms with van der Waals surface area (Å²) in [5, 5.41) is 15.5. The summed E-state index contributed by atoms with van der Waals surface area (Å²) in [4.78, 5) is 33.7. The molecule has 1 aromatic rings. The van der Waals surface area contributed by atoms with E-state index in [1.54, 1.807) is 13.8 Å². The van der Waals surface area contributed by atoms with Crippen molar-refractivity contribution in [1.82, 2.24) is 10.6 Å². The van der Waals surface area contributed by atoms with Crippen molar-refractivity contribution >= 4 is 17.6 Å². The Morgan fingerprint density at radius 3 is 2.45 bits per heavy atom. The molecule has 1 atom stereocenters. The van der Waals surface area contributed by atoms with E-state index in [0.717, 1.165) is 0 Å². The normalized spacial score (nSPS) is 18.4. The number of nitro benzene ring substituents is 1. The van der Waals surface area contributed by atoms with Crippen LogP contribution in [0.5, 0.6) is 0 Å². The molecule has 0 aromatic heterocycles. The lowest BCUT2D eigenvalue weighted by Gasteiger charge is -2.20. The quantitative estimate of drug-likeness (QED) is 0.650. The molecule has 2 N–H and O–H groups in total. The van der Waals surface area contributed by atoms with Crippen molar-refractivity contribution in [3.8, 4) is 0 Å². The van der Waals surface area contributed by atoms with Crippen molar-refractivity contribution in [3.05, 3.63) is 51.3 Å². The fourth-order valence-electron chi connectivity index (χ4n) is 2.13. The number of amides is 3. The molecule has 0 aliphatic carbocycles. The first-order chi connectivity index (χ1) is 10.4. The molecule has 0 radical (unpaired) electrons. The maximum absolute atomic E-state index is 11.8. The summed E-state index contributed by atoms with van der Waals surface area (Å²) in [6.07, 6.45) is 0. The largest absolute Gasteiger partial charge is 0.495 e. The van der Waals surface area contributed by atoms with Crippen molar-refractivity contribution < 1.29 is 19.2 Å². The molecule has 8 nitrogen and oxygen atoms in total. The van der Waals surface area contributed by atoms with Crippen molar-refractivity contribution in [2.75, 3.05) is 6.61 Å². The average molecular weight is 305 g/mol. The first-order valence-electron chi connectivity index (χ1n) is 6.63. The second kappa shape index (κ2) is 6.25. The Hall–Kier alpha value is -2.90. The predicted octanol–water partition coefficient (Wildman–Crippen LogP) is 1.79. The molecule has 1 aliphatic rings. The van der Waals surface area contributed by atoms with Gasteiger partial charge in [-0.15, -0.1) is 0 Å².